The fourth-order valence-corrected chi connectivity index (χ4v) is 4.64. The first-order chi connectivity index (χ1) is 14.7. The second-order valence-electron chi connectivity index (χ2n) is 8.31. The molecule has 2 atom stereocenters. The highest BCUT2D eigenvalue weighted by Crippen LogP contribution is 2.31. The predicted molar refractivity (Wildman–Crippen MR) is 126 cm³/mol. The van der Waals surface area contributed by atoms with Crippen LogP contribution in [0.1, 0.15) is 35.4 Å². The van der Waals surface area contributed by atoms with Gasteiger partial charge in [-0.05, 0) is 73.7 Å². The van der Waals surface area contributed by atoms with Crippen molar-refractivity contribution in [2.75, 3.05) is 19.6 Å². The molecule has 0 saturated carbocycles. The number of piperidine rings is 1. The largest absolute Gasteiger partial charge is 0.490 e. The van der Waals surface area contributed by atoms with Crippen molar-refractivity contribution < 1.29 is 4.74 Å². The molecule has 1 heterocycles. The first-order valence-corrected chi connectivity index (χ1v) is 11.3. The van der Waals surface area contributed by atoms with Gasteiger partial charge in [0, 0.05) is 24.0 Å². The molecule has 0 aromatic heterocycles. The average Bonchev–Trinajstić information content (AvgIpc) is 2.75. The van der Waals surface area contributed by atoms with Crippen molar-refractivity contribution in [1.29, 1.82) is 0 Å². The summed E-state index contributed by atoms with van der Waals surface area (Å²) < 4.78 is 6.50. The van der Waals surface area contributed by atoms with E-state index < -0.39 is 0 Å². The number of nitrogens with zero attached hydrogens (tertiary/aromatic N) is 1. The van der Waals surface area contributed by atoms with Gasteiger partial charge in [-0.1, -0.05) is 66.2 Å². The van der Waals surface area contributed by atoms with Crippen molar-refractivity contribution in [1.82, 2.24) is 4.90 Å². The fraction of sp³-hybridized carbons (Fsp3) is 0.333. The Morgan fingerprint density at radius 1 is 0.967 bits per heavy atom. The summed E-state index contributed by atoms with van der Waals surface area (Å²) in [6.45, 7) is 5.34. The van der Waals surface area contributed by atoms with Gasteiger partial charge in [-0.2, -0.15) is 0 Å². The third-order valence-corrected chi connectivity index (χ3v) is 6.20. The zero-order valence-electron chi connectivity index (χ0n) is 17.6. The number of ether oxygens (including phenoxy) is 1. The molecule has 3 aromatic rings. The first kappa shape index (κ1) is 21.0. The number of benzene rings is 3. The summed E-state index contributed by atoms with van der Waals surface area (Å²) in [5.74, 6) is 1.36. The van der Waals surface area contributed by atoms with Crippen molar-refractivity contribution >= 4 is 11.6 Å². The number of rotatable bonds is 7. The molecule has 0 aliphatic carbocycles. The Hall–Kier alpha value is -2.29. The smallest absolute Gasteiger partial charge is 0.120 e. The molecule has 0 N–H and O–H groups in total. The van der Waals surface area contributed by atoms with Crippen LogP contribution < -0.4 is 4.74 Å². The van der Waals surface area contributed by atoms with E-state index in [-0.39, 0.29) is 6.10 Å². The number of hydrogen-bond acceptors (Lipinski definition) is 2. The van der Waals surface area contributed by atoms with E-state index in [0.717, 1.165) is 49.7 Å². The summed E-state index contributed by atoms with van der Waals surface area (Å²) >= 11 is 6.13. The van der Waals surface area contributed by atoms with Gasteiger partial charge in [0.05, 0.1) is 0 Å². The molecule has 0 radical (unpaired) electrons. The Kier molecular flexibility index (Phi) is 7.09. The minimum atomic E-state index is 0.207. The summed E-state index contributed by atoms with van der Waals surface area (Å²) in [5, 5.41) is 0.825. The van der Waals surface area contributed by atoms with E-state index >= 15 is 0 Å². The monoisotopic (exact) mass is 419 g/mol. The second-order valence-corrected chi connectivity index (χ2v) is 8.75. The molecule has 2 nitrogen and oxygen atoms in total. The molecule has 4 rings (SSSR count). The Morgan fingerprint density at radius 3 is 2.60 bits per heavy atom. The first-order valence-electron chi connectivity index (χ1n) is 10.9. The van der Waals surface area contributed by atoms with Crippen molar-refractivity contribution in [3.63, 3.8) is 0 Å². The molecular formula is C27H30ClNO. The lowest BCUT2D eigenvalue weighted by atomic mass is 9.87. The molecule has 1 aliphatic heterocycles. The third-order valence-electron chi connectivity index (χ3n) is 5.97. The van der Waals surface area contributed by atoms with E-state index in [1.165, 1.54) is 16.7 Å². The number of halogens is 1. The zero-order chi connectivity index (χ0) is 20.8. The van der Waals surface area contributed by atoms with Gasteiger partial charge in [0.15, 0.2) is 0 Å². The van der Waals surface area contributed by atoms with Crippen LogP contribution in [0.4, 0.5) is 0 Å². The highest BCUT2D eigenvalue weighted by molar-refractivity contribution is 6.30. The quantitative estimate of drug-likeness (QED) is 0.432. The second kappa shape index (κ2) is 10.1. The van der Waals surface area contributed by atoms with Crippen molar-refractivity contribution in [2.45, 2.75) is 38.2 Å². The molecule has 0 amide bonds. The molecule has 30 heavy (non-hydrogen) atoms. The number of aryl methyl sites for hydroxylation is 2. The topological polar surface area (TPSA) is 12.5 Å². The molecule has 1 saturated heterocycles. The van der Waals surface area contributed by atoms with Crippen molar-refractivity contribution in [3.8, 4) is 5.75 Å². The number of likely N-dealkylation sites (tertiary alicyclic amines) is 1. The highest BCUT2D eigenvalue weighted by Gasteiger charge is 2.31. The van der Waals surface area contributed by atoms with Crippen LogP contribution in [-0.2, 0) is 6.42 Å². The van der Waals surface area contributed by atoms with Crippen LogP contribution in [0.3, 0.4) is 0 Å². The van der Waals surface area contributed by atoms with E-state index in [1.807, 2.05) is 12.1 Å². The van der Waals surface area contributed by atoms with Gasteiger partial charge < -0.3 is 9.64 Å². The predicted octanol–water partition coefficient (Wildman–Crippen LogP) is 6.52. The van der Waals surface area contributed by atoms with Crippen molar-refractivity contribution in [2.24, 2.45) is 0 Å². The van der Waals surface area contributed by atoms with Crippen LogP contribution in [0.25, 0.3) is 0 Å². The van der Waals surface area contributed by atoms with Gasteiger partial charge in [-0.15, -0.1) is 0 Å². The van der Waals surface area contributed by atoms with E-state index in [2.05, 4.69) is 78.6 Å². The lowest BCUT2D eigenvalue weighted by Crippen LogP contribution is -2.44. The Morgan fingerprint density at radius 2 is 1.80 bits per heavy atom. The van der Waals surface area contributed by atoms with Gasteiger partial charge in [-0.3, -0.25) is 0 Å². The van der Waals surface area contributed by atoms with Crippen LogP contribution in [0.15, 0.2) is 78.9 Å². The van der Waals surface area contributed by atoms with Crippen molar-refractivity contribution in [3.05, 3.63) is 101 Å². The third kappa shape index (κ3) is 5.65. The van der Waals surface area contributed by atoms with Crippen LogP contribution in [0.5, 0.6) is 5.75 Å². The van der Waals surface area contributed by atoms with Gasteiger partial charge in [0.1, 0.15) is 11.9 Å². The minimum absolute atomic E-state index is 0.207. The molecule has 0 spiro atoms. The Balaban J connectivity index is 1.40. The summed E-state index contributed by atoms with van der Waals surface area (Å²) in [6.07, 6.45) is 3.46. The maximum Gasteiger partial charge on any atom is 0.120 e. The molecule has 156 valence electrons. The average molecular weight is 420 g/mol. The molecule has 1 fully saturated rings. The molecular weight excluding hydrogens is 390 g/mol. The summed E-state index contributed by atoms with van der Waals surface area (Å²) in [7, 11) is 0. The standard InChI is InChI=1S/C27H30ClNO/c1-21-8-5-14-25(18-21)30-27-15-17-29(20-26(27)23-11-3-2-4-12-23)16-7-10-22-9-6-13-24(28)19-22/h2-6,8-9,11-14,18-19,26-27H,7,10,15-17,20H2,1H3/t26-,27-/m0/s1. The summed E-state index contributed by atoms with van der Waals surface area (Å²) in [5.41, 5.74) is 3.93. The van der Waals surface area contributed by atoms with Crippen LogP contribution >= 0.6 is 11.6 Å². The van der Waals surface area contributed by atoms with E-state index in [4.69, 9.17) is 16.3 Å². The highest BCUT2D eigenvalue weighted by atomic mass is 35.5. The van der Waals surface area contributed by atoms with Gasteiger partial charge in [0.25, 0.3) is 0 Å². The Bertz CT molecular complexity index is 942. The molecule has 3 aromatic carbocycles. The maximum atomic E-state index is 6.50. The lowest BCUT2D eigenvalue weighted by Gasteiger charge is -2.39. The molecule has 3 heteroatoms. The van der Waals surface area contributed by atoms with Gasteiger partial charge in [-0.25, -0.2) is 0 Å². The van der Waals surface area contributed by atoms with E-state index in [0.29, 0.717) is 5.92 Å². The van der Waals surface area contributed by atoms with Gasteiger partial charge in [0.2, 0.25) is 0 Å². The van der Waals surface area contributed by atoms with Gasteiger partial charge >= 0.3 is 0 Å². The van der Waals surface area contributed by atoms with Crippen LogP contribution in [-0.4, -0.2) is 30.6 Å². The van der Waals surface area contributed by atoms with Crippen LogP contribution in [0, 0.1) is 6.92 Å². The zero-order valence-corrected chi connectivity index (χ0v) is 18.4. The van der Waals surface area contributed by atoms with E-state index in [1.54, 1.807) is 0 Å². The fourth-order valence-electron chi connectivity index (χ4n) is 4.43. The lowest BCUT2D eigenvalue weighted by molar-refractivity contribution is 0.0772. The summed E-state index contributed by atoms with van der Waals surface area (Å²) in [6, 6.07) is 27.5. The maximum absolute atomic E-state index is 6.50. The normalized spacial score (nSPS) is 19.5. The summed E-state index contributed by atoms with van der Waals surface area (Å²) in [4.78, 5) is 2.60. The Labute approximate surface area is 185 Å². The SMILES string of the molecule is Cc1cccc(O[C@H]2CCN(CCCc3cccc(Cl)c3)C[C@H]2c2ccccc2)c1. The number of hydrogen-bond donors (Lipinski definition) is 0. The van der Waals surface area contributed by atoms with Crippen LogP contribution in [0.2, 0.25) is 5.02 Å². The molecule has 0 bridgehead atoms. The molecule has 0 unspecified atom stereocenters. The molecule has 1 aliphatic rings. The van der Waals surface area contributed by atoms with E-state index in [9.17, 15) is 0 Å². The minimum Gasteiger partial charge on any atom is -0.490 e.